The Bertz CT molecular complexity index is 533. The van der Waals surface area contributed by atoms with Gasteiger partial charge in [0.15, 0.2) is 0 Å². The Morgan fingerprint density at radius 1 is 1.09 bits per heavy atom. The minimum absolute atomic E-state index is 0.604. The van der Waals surface area contributed by atoms with E-state index in [9.17, 15) is 0 Å². The first-order valence-electron chi connectivity index (χ1n) is 9.27. The standard InChI is InChI=1S/C21H31N/c1-15-5-4-6-18(9-15)20-19-11-16-10-17(12-19)14-21(20,13-16)7-8-22(2)3/h4-6,9,16-17,19-20H,7-8,10-14H2,1-3H3. The highest BCUT2D eigenvalue weighted by Gasteiger charge is 2.56. The Morgan fingerprint density at radius 3 is 2.45 bits per heavy atom. The van der Waals surface area contributed by atoms with Crippen molar-refractivity contribution in [2.45, 2.75) is 51.4 Å². The van der Waals surface area contributed by atoms with Gasteiger partial charge in [0.2, 0.25) is 0 Å². The molecule has 4 aliphatic carbocycles. The average Bonchev–Trinajstić information content (AvgIpc) is 2.44. The van der Waals surface area contributed by atoms with Crippen LogP contribution < -0.4 is 0 Å². The zero-order chi connectivity index (χ0) is 15.3. The van der Waals surface area contributed by atoms with Gasteiger partial charge in [-0.15, -0.1) is 0 Å². The van der Waals surface area contributed by atoms with Gasteiger partial charge in [-0.1, -0.05) is 29.8 Å². The lowest BCUT2D eigenvalue weighted by molar-refractivity contribution is -0.0822. The maximum absolute atomic E-state index is 2.49. The number of hydrogen-bond donors (Lipinski definition) is 0. The highest BCUT2D eigenvalue weighted by Crippen LogP contribution is 2.67. The summed E-state index contributed by atoms with van der Waals surface area (Å²) < 4.78 is 0. The molecule has 1 heteroatoms. The van der Waals surface area contributed by atoms with Crippen LogP contribution in [-0.4, -0.2) is 25.5 Å². The van der Waals surface area contributed by atoms with Gasteiger partial charge in [-0.2, -0.15) is 0 Å². The van der Waals surface area contributed by atoms with E-state index in [0.29, 0.717) is 5.41 Å². The Morgan fingerprint density at radius 2 is 1.82 bits per heavy atom. The van der Waals surface area contributed by atoms with E-state index in [2.05, 4.69) is 50.2 Å². The Balaban J connectivity index is 1.70. The second kappa shape index (κ2) is 5.37. The van der Waals surface area contributed by atoms with Crippen LogP contribution in [0.5, 0.6) is 0 Å². The molecule has 3 atom stereocenters. The van der Waals surface area contributed by atoms with Crippen molar-refractivity contribution in [3.05, 3.63) is 35.4 Å². The predicted octanol–water partition coefficient (Wildman–Crippen LogP) is 4.86. The molecule has 0 radical (unpaired) electrons. The molecule has 0 aromatic heterocycles. The summed E-state index contributed by atoms with van der Waals surface area (Å²) in [6, 6.07) is 9.46. The molecule has 4 fully saturated rings. The van der Waals surface area contributed by atoms with Gasteiger partial charge < -0.3 is 4.90 Å². The monoisotopic (exact) mass is 297 g/mol. The molecule has 0 spiro atoms. The summed E-state index contributed by atoms with van der Waals surface area (Å²) >= 11 is 0. The van der Waals surface area contributed by atoms with E-state index in [0.717, 1.165) is 23.7 Å². The summed E-state index contributed by atoms with van der Waals surface area (Å²) in [7, 11) is 4.48. The van der Waals surface area contributed by atoms with E-state index in [1.807, 2.05) is 0 Å². The van der Waals surface area contributed by atoms with Crippen molar-refractivity contribution in [3.63, 3.8) is 0 Å². The smallest absolute Gasteiger partial charge is 0.00193 e. The maximum Gasteiger partial charge on any atom is -0.00193 e. The summed E-state index contributed by atoms with van der Waals surface area (Å²) in [5.41, 5.74) is 3.70. The summed E-state index contributed by atoms with van der Waals surface area (Å²) in [6.45, 7) is 3.51. The fraction of sp³-hybridized carbons (Fsp3) is 0.714. The summed E-state index contributed by atoms with van der Waals surface area (Å²) in [4.78, 5) is 2.39. The molecule has 1 nitrogen and oxygen atoms in total. The molecule has 120 valence electrons. The summed E-state index contributed by atoms with van der Waals surface area (Å²) in [5, 5.41) is 0. The molecule has 0 aliphatic heterocycles. The van der Waals surface area contributed by atoms with Gasteiger partial charge in [0.25, 0.3) is 0 Å². The fourth-order valence-corrected chi connectivity index (χ4v) is 6.50. The largest absolute Gasteiger partial charge is 0.309 e. The summed E-state index contributed by atoms with van der Waals surface area (Å²) in [5.74, 6) is 3.89. The Kier molecular flexibility index (Phi) is 3.60. The van der Waals surface area contributed by atoms with Gasteiger partial charge in [-0.3, -0.25) is 0 Å². The second-order valence-corrected chi connectivity index (χ2v) is 8.91. The molecular weight excluding hydrogens is 266 g/mol. The van der Waals surface area contributed by atoms with Crippen molar-refractivity contribution < 1.29 is 0 Å². The Hall–Kier alpha value is -0.820. The number of rotatable bonds is 4. The van der Waals surface area contributed by atoms with E-state index in [1.54, 1.807) is 12.0 Å². The second-order valence-electron chi connectivity index (χ2n) is 8.91. The van der Waals surface area contributed by atoms with Crippen LogP contribution in [0, 0.1) is 30.1 Å². The molecule has 4 saturated carbocycles. The van der Waals surface area contributed by atoms with E-state index < -0.39 is 0 Å². The topological polar surface area (TPSA) is 3.24 Å². The van der Waals surface area contributed by atoms with Crippen molar-refractivity contribution in [3.8, 4) is 0 Å². The van der Waals surface area contributed by atoms with E-state index >= 15 is 0 Å². The van der Waals surface area contributed by atoms with Gasteiger partial charge in [-0.25, -0.2) is 0 Å². The predicted molar refractivity (Wildman–Crippen MR) is 93.1 cm³/mol. The number of nitrogens with zero attached hydrogens (tertiary/aromatic N) is 1. The van der Waals surface area contributed by atoms with Gasteiger partial charge in [0.1, 0.15) is 0 Å². The molecule has 0 saturated heterocycles. The quantitative estimate of drug-likeness (QED) is 0.767. The number of aryl methyl sites for hydroxylation is 1. The van der Waals surface area contributed by atoms with Crippen molar-refractivity contribution >= 4 is 0 Å². The van der Waals surface area contributed by atoms with Crippen LogP contribution in [0.15, 0.2) is 24.3 Å². The van der Waals surface area contributed by atoms with Crippen molar-refractivity contribution in [2.75, 3.05) is 20.6 Å². The third-order valence-corrected chi connectivity index (χ3v) is 6.92. The molecule has 3 unspecified atom stereocenters. The van der Waals surface area contributed by atoms with E-state index in [1.165, 1.54) is 44.2 Å². The van der Waals surface area contributed by atoms with Crippen LogP contribution >= 0.6 is 0 Å². The molecule has 1 aromatic carbocycles. The zero-order valence-electron chi connectivity index (χ0n) is 14.5. The van der Waals surface area contributed by atoms with E-state index in [4.69, 9.17) is 0 Å². The molecule has 1 aromatic rings. The third kappa shape index (κ3) is 2.42. The first-order valence-corrected chi connectivity index (χ1v) is 9.27. The third-order valence-electron chi connectivity index (χ3n) is 6.92. The minimum atomic E-state index is 0.604. The highest BCUT2D eigenvalue weighted by atomic mass is 15.0. The lowest BCUT2D eigenvalue weighted by atomic mass is 9.43. The van der Waals surface area contributed by atoms with Crippen LogP contribution in [-0.2, 0) is 0 Å². The van der Waals surface area contributed by atoms with Gasteiger partial charge in [0.05, 0.1) is 0 Å². The molecule has 0 heterocycles. The number of benzene rings is 1. The van der Waals surface area contributed by atoms with Crippen LogP contribution in [0.3, 0.4) is 0 Å². The van der Waals surface area contributed by atoms with Crippen LogP contribution in [0.1, 0.15) is 55.6 Å². The van der Waals surface area contributed by atoms with E-state index in [-0.39, 0.29) is 0 Å². The molecule has 4 aliphatic rings. The van der Waals surface area contributed by atoms with Crippen molar-refractivity contribution in [1.82, 2.24) is 4.90 Å². The maximum atomic E-state index is 2.49. The van der Waals surface area contributed by atoms with Gasteiger partial charge in [0, 0.05) is 0 Å². The molecule has 0 amide bonds. The lowest BCUT2D eigenvalue weighted by Crippen LogP contribution is -2.52. The molecule has 22 heavy (non-hydrogen) atoms. The van der Waals surface area contributed by atoms with Crippen molar-refractivity contribution in [1.29, 1.82) is 0 Å². The lowest BCUT2D eigenvalue weighted by Gasteiger charge is -2.62. The molecule has 0 N–H and O–H groups in total. The van der Waals surface area contributed by atoms with Crippen LogP contribution in [0.4, 0.5) is 0 Å². The molecular formula is C21H31N. The van der Waals surface area contributed by atoms with Crippen LogP contribution in [0.2, 0.25) is 0 Å². The zero-order valence-corrected chi connectivity index (χ0v) is 14.5. The van der Waals surface area contributed by atoms with Gasteiger partial charge >= 0.3 is 0 Å². The van der Waals surface area contributed by atoms with Gasteiger partial charge in [-0.05, 0) is 101 Å². The van der Waals surface area contributed by atoms with Crippen molar-refractivity contribution in [2.24, 2.45) is 23.2 Å². The average molecular weight is 297 g/mol. The fourth-order valence-electron chi connectivity index (χ4n) is 6.50. The number of hydrogen-bond acceptors (Lipinski definition) is 1. The normalized spacial score (nSPS) is 39.6. The first-order chi connectivity index (χ1) is 10.6. The molecule has 4 bridgehead atoms. The highest BCUT2D eigenvalue weighted by molar-refractivity contribution is 5.30. The summed E-state index contributed by atoms with van der Waals surface area (Å²) in [6.07, 6.45) is 8.99. The SMILES string of the molecule is Cc1cccc(C2C3CC4CC(C3)CC2(CCN(C)C)C4)c1. The molecule has 5 rings (SSSR count). The first kappa shape index (κ1) is 14.8. The van der Waals surface area contributed by atoms with Crippen LogP contribution in [0.25, 0.3) is 0 Å². The Labute approximate surface area is 136 Å². The minimum Gasteiger partial charge on any atom is -0.309 e.